The van der Waals surface area contributed by atoms with E-state index in [4.69, 9.17) is 14.2 Å². The summed E-state index contributed by atoms with van der Waals surface area (Å²) in [6, 6.07) is 0. The molecule has 1 saturated heterocycles. The molecule has 0 aromatic rings. The van der Waals surface area contributed by atoms with Gasteiger partial charge in [0.15, 0.2) is 5.79 Å². The number of carbonyl (C=O) groups excluding carboxylic acids is 1. The van der Waals surface area contributed by atoms with E-state index < -0.39 is 0 Å². The van der Waals surface area contributed by atoms with Gasteiger partial charge in [0.2, 0.25) is 0 Å². The molecule has 0 bridgehead atoms. The van der Waals surface area contributed by atoms with Crippen molar-refractivity contribution in [2.45, 2.75) is 50.9 Å². The van der Waals surface area contributed by atoms with Gasteiger partial charge in [-0.15, -0.1) is 0 Å². The molecule has 0 amide bonds. The van der Waals surface area contributed by atoms with Crippen LogP contribution in [0.3, 0.4) is 0 Å². The van der Waals surface area contributed by atoms with Crippen LogP contribution >= 0.6 is 0 Å². The van der Waals surface area contributed by atoms with Crippen LogP contribution in [0.1, 0.15) is 39.0 Å². The zero-order chi connectivity index (χ0) is 13.9. The third-order valence-electron chi connectivity index (χ3n) is 3.55. The van der Waals surface area contributed by atoms with Gasteiger partial charge < -0.3 is 14.2 Å². The van der Waals surface area contributed by atoms with E-state index in [-0.39, 0.29) is 24.5 Å². The highest BCUT2D eigenvalue weighted by atomic mass is 16.7. The number of hydrogen-bond acceptors (Lipinski definition) is 4. The lowest BCUT2D eigenvalue weighted by Gasteiger charge is -2.22. The van der Waals surface area contributed by atoms with Crippen molar-refractivity contribution in [2.24, 2.45) is 0 Å². The van der Waals surface area contributed by atoms with E-state index in [1.165, 1.54) is 12.8 Å². The molecule has 0 aromatic heterocycles. The summed E-state index contributed by atoms with van der Waals surface area (Å²) >= 11 is 0. The van der Waals surface area contributed by atoms with Crippen molar-refractivity contribution in [3.05, 3.63) is 24.3 Å². The van der Waals surface area contributed by atoms with E-state index in [1.54, 1.807) is 6.92 Å². The van der Waals surface area contributed by atoms with Gasteiger partial charge in [0.25, 0.3) is 0 Å². The van der Waals surface area contributed by atoms with Gasteiger partial charge in [0.05, 0.1) is 12.7 Å². The molecule has 2 fully saturated rings. The highest BCUT2D eigenvalue weighted by Gasteiger charge is 2.43. The minimum absolute atomic E-state index is 0.0362. The second kappa shape index (κ2) is 5.88. The average Bonchev–Trinajstić information content (AvgIpc) is 2.97. The summed E-state index contributed by atoms with van der Waals surface area (Å²) in [6.07, 6.45) is 5.02. The predicted molar refractivity (Wildman–Crippen MR) is 71.6 cm³/mol. The molecule has 1 atom stereocenters. The number of carbonyl (C=O) groups is 1. The first-order chi connectivity index (χ1) is 9.01. The molecule has 1 unspecified atom stereocenters. The van der Waals surface area contributed by atoms with Crippen LogP contribution in [0.25, 0.3) is 0 Å². The van der Waals surface area contributed by atoms with Gasteiger partial charge in [0.1, 0.15) is 6.61 Å². The SMILES string of the molecule is C=C(COC(=O)C(=C)C)CC1COC2(CCCC2)O1. The largest absolute Gasteiger partial charge is 0.458 e. The lowest BCUT2D eigenvalue weighted by Crippen LogP contribution is -2.26. The van der Waals surface area contributed by atoms with Crippen LogP contribution in [0, 0.1) is 0 Å². The molecule has 2 rings (SSSR count). The highest BCUT2D eigenvalue weighted by Crippen LogP contribution is 2.40. The minimum Gasteiger partial charge on any atom is -0.458 e. The Morgan fingerprint density at radius 1 is 1.37 bits per heavy atom. The van der Waals surface area contributed by atoms with E-state index in [2.05, 4.69) is 13.2 Å². The number of esters is 1. The summed E-state index contributed by atoms with van der Waals surface area (Å²) in [5, 5.41) is 0. The lowest BCUT2D eigenvalue weighted by atomic mass is 10.1. The highest BCUT2D eigenvalue weighted by molar-refractivity contribution is 5.87. The predicted octanol–water partition coefficient (Wildman–Crippen LogP) is 2.74. The quantitative estimate of drug-likeness (QED) is 0.436. The van der Waals surface area contributed by atoms with Crippen LogP contribution in [-0.4, -0.2) is 31.1 Å². The van der Waals surface area contributed by atoms with E-state index in [9.17, 15) is 4.79 Å². The van der Waals surface area contributed by atoms with Gasteiger partial charge in [-0.25, -0.2) is 4.79 Å². The van der Waals surface area contributed by atoms with Crippen molar-refractivity contribution in [1.82, 2.24) is 0 Å². The third-order valence-corrected chi connectivity index (χ3v) is 3.55. The molecule has 0 N–H and O–H groups in total. The third kappa shape index (κ3) is 3.67. The Hall–Kier alpha value is -1.13. The Labute approximate surface area is 114 Å². The van der Waals surface area contributed by atoms with E-state index >= 15 is 0 Å². The molecular formula is C15H22O4. The van der Waals surface area contributed by atoms with Crippen LogP contribution in [0.4, 0.5) is 0 Å². The lowest BCUT2D eigenvalue weighted by molar-refractivity contribution is -0.161. The normalized spacial score (nSPS) is 24.6. The van der Waals surface area contributed by atoms with Gasteiger partial charge >= 0.3 is 5.97 Å². The molecule has 106 valence electrons. The van der Waals surface area contributed by atoms with Gasteiger partial charge in [-0.1, -0.05) is 13.2 Å². The summed E-state index contributed by atoms with van der Waals surface area (Å²) in [6.45, 7) is 9.91. The molecule has 19 heavy (non-hydrogen) atoms. The molecule has 2 aliphatic rings. The van der Waals surface area contributed by atoms with E-state index in [1.807, 2.05) is 0 Å². The summed E-state index contributed by atoms with van der Waals surface area (Å²) in [5.41, 5.74) is 1.25. The molecule has 1 spiro atoms. The van der Waals surface area contributed by atoms with Gasteiger partial charge in [-0.05, 0) is 31.8 Å². The molecule has 1 aliphatic heterocycles. The summed E-state index contributed by atoms with van der Waals surface area (Å²) < 4.78 is 16.8. The number of hydrogen-bond donors (Lipinski definition) is 0. The molecule has 1 aliphatic carbocycles. The molecule has 1 saturated carbocycles. The minimum atomic E-state index is -0.378. The van der Waals surface area contributed by atoms with Gasteiger partial charge in [-0.3, -0.25) is 0 Å². The van der Waals surface area contributed by atoms with Crippen molar-refractivity contribution < 1.29 is 19.0 Å². The first-order valence-electron chi connectivity index (χ1n) is 6.82. The monoisotopic (exact) mass is 266 g/mol. The molecule has 4 nitrogen and oxygen atoms in total. The Kier molecular flexibility index (Phi) is 4.42. The van der Waals surface area contributed by atoms with Crippen LogP contribution in [0.2, 0.25) is 0 Å². The second-order valence-electron chi connectivity index (χ2n) is 5.48. The van der Waals surface area contributed by atoms with Crippen LogP contribution in [-0.2, 0) is 19.0 Å². The topological polar surface area (TPSA) is 44.8 Å². The Morgan fingerprint density at radius 2 is 2.05 bits per heavy atom. The maximum Gasteiger partial charge on any atom is 0.333 e. The second-order valence-corrected chi connectivity index (χ2v) is 5.48. The Bertz CT molecular complexity index is 380. The fourth-order valence-electron chi connectivity index (χ4n) is 2.56. The van der Waals surface area contributed by atoms with Crippen molar-refractivity contribution in [1.29, 1.82) is 0 Å². The molecular weight excluding hydrogens is 244 g/mol. The fourth-order valence-corrected chi connectivity index (χ4v) is 2.56. The average molecular weight is 266 g/mol. The molecule has 4 heteroatoms. The maximum atomic E-state index is 11.3. The van der Waals surface area contributed by atoms with E-state index in [0.29, 0.717) is 18.6 Å². The van der Waals surface area contributed by atoms with Crippen LogP contribution in [0.15, 0.2) is 24.3 Å². The Balaban J connectivity index is 1.72. The molecule has 0 radical (unpaired) electrons. The van der Waals surface area contributed by atoms with Crippen molar-refractivity contribution in [3.8, 4) is 0 Å². The maximum absolute atomic E-state index is 11.3. The number of ether oxygens (including phenoxy) is 3. The summed E-state index contributed by atoms with van der Waals surface area (Å²) in [4.78, 5) is 11.3. The van der Waals surface area contributed by atoms with Gasteiger partial charge in [0, 0.05) is 18.4 Å². The first kappa shape index (κ1) is 14.3. The zero-order valence-corrected chi connectivity index (χ0v) is 11.6. The summed E-state index contributed by atoms with van der Waals surface area (Å²) in [7, 11) is 0. The Morgan fingerprint density at radius 3 is 2.68 bits per heavy atom. The van der Waals surface area contributed by atoms with Crippen LogP contribution in [0.5, 0.6) is 0 Å². The van der Waals surface area contributed by atoms with E-state index in [0.717, 1.165) is 18.4 Å². The fraction of sp³-hybridized carbons (Fsp3) is 0.667. The van der Waals surface area contributed by atoms with Crippen molar-refractivity contribution in [2.75, 3.05) is 13.2 Å². The molecule has 1 heterocycles. The van der Waals surface area contributed by atoms with Crippen molar-refractivity contribution >= 4 is 5.97 Å². The first-order valence-corrected chi connectivity index (χ1v) is 6.82. The smallest absolute Gasteiger partial charge is 0.333 e. The van der Waals surface area contributed by atoms with Crippen LogP contribution < -0.4 is 0 Å². The summed E-state index contributed by atoms with van der Waals surface area (Å²) in [5.74, 6) is -0.712. The molecule has 0 aromatic carbocycles. The standard InChI is InChI=1S/C15H22O4/c1-11(2)14(16)17-9-12(3)8-13-10-18-15(19-13)6-4-5-7-15/h13H,1,3-10H2,2H3. The van der Waals surface area contributed by atoms with Crippen molar-refractivity contribution in [3.63, 3.8) is 0 Å². The van der Waals surface area contributed by atoms with Gasteiger partial charge in [-0.2, -0.15) is 0 Å². The number of rotatable bonds is 5. The zero-order valence-electron chi connectivity index (χ0n) is 11.6.